The Kier molecular flexibility index (Phi) is 3.31. The molecular formula is C13H17N5O. The van der Waals surface area contributed by atoms with E-state index >= 15 is 0 Å². The van der Waals surface area contributed by atoms with Crippen LogP contribution in [0.3, 0.4) is 0 Å². The Bertz CT molecular complexity index is 520. The molecular weight excluding hydrogens is 242 g/mol. The molecule has 0 atom stereocenters. The highest BCUT2D eigenvalue weighted by Crippen LogP contribution is 2.27. The van der Waals surface area contributed by atoms with E-state index in [4.69, 9.17) is 4.74 Å². The molecule has 0 amide bonds. The number of ether oxygens (including phenoxy) is 1. The lowest BCUT2D eigenvalue weighted by Gasteiger charge is -2.31. The van der Waals surface area contributed by atoms with Gasteiger partial charge in [0, 0.05) is 43.7 Å². The fourth-order valence-corrected chi connectivity index (χ4v) is 2.45. The van der Waals surface area contributed by atoms with Crippen molar-refractivity contribution >= 4 is 5.95 Å². The Labute approximate surface area is 111 Å². The van der Waals surface area contributed by atoms with E-state index in [0.29, 0.717) is 11.8 Å². The molecule has 1 aliphatic heterocycles. The largest absolute Gasteiger partial charge is 0.481 e. The number of aromatic nitrogens is 4. The van der Waals surface area contributed by atoms with E-state index in [1.165, 1.54) is 0 Å². The monoisotopic (exact) mass is 259 g/mol. The van der Waals surface area contributed by atoms with Crippen molar-refractivity contribution in [1.29, 1.82) is 0 Å². The van der Waals surface area contributed by atoms with Gasteiger partial charge >= 0.3 is 0 Å². The zero-order valence-electron chi connectivity index (χ0n) is 10.9. The van der Waals surface area contributed by atoms with Gasteiger partial charge in [-0.25, -0.2) is 9.97 Å². The first kappa shape index (κ1) is 12.0. The van der Waals surface area contributed by atoms with E-state index < -0.39 is 0 Å². The van der Waals surface area contributed by atoms with Crippen LogP contribution in [-0.4, -0.2) is 40.1 Å². The van der Waals surface area contributed by atoms with Gasteiger partial charge in [-0.3, -0.25) is 0 Å². The van der Waals surface area contributed by atoms with E-state index in [2.05, 4.69) is 24.8 Å². The molecule has 3 rings (SSSR count). The number of H-pyrrole nitrogens is 1. The SMILES string of the molecule is COc1ccnc(N2CCC(c3ncc[nH]3)CC2)n1. The van der Waals surface area contributed by atoms with Crippen molar-refractivity contribution in [1.82, 2.24) is 19.9 Å². The first-order valence-electron chi connectivity index (χ1n) is 6.48. The number of hydrogen-bond acceptors (Lipinski definition) is 5. The predicted octanol–water partition coefficient (Wildman–Crippen LogP) is 1.59. The lowest BCUT2D eigenvalue weighted by molar-refractivity contribution is 0.395. The van der Waals surface area contributed by atoms with Gasteiger partial charge in [0.25, 0.3) is 0 Å². The molecule has 0 spiro atoms. The molecule has 6 heteroatoms. The summed E-state index contributed by atoms with van der Waals surface area (Å²) in [5.41, 5.74) is 0. The lowest BCUT2D eigenvalue weighted by Crippen LogP contribution is -2.34. The Balaban J connectivity index is 1.66. The number of methoxy groups -OCH3 is 1. The van der Waals surface area contributed by atoms with Gasteiger partial charge in [-0.05, 0) is 12.8 Å². The minimum absolute atomic E-state index is 0.511. The molecule has 1 aliphatic rings. The maximum Gasteiger partial charge on any atom is 0.228 e. The third-order valence-corrected chi connectivity index (χ3v) is 3.51. The molecule has 2 aromatic rings. The van der Waals surface area contributed by atoms with Crippen molar-refractivity contribution in [3.05, 3.63) is 30.5 Å². The lowest BCUT2D eigenvalue weighted by atomic mass is 9.96. The van der Waals surface area contributed by atoms with E-state index in [0.717, 1.165) is 37.7 Å². The van der Waals surface area contributed by atoms with Crippen LogP contribution < -0.4 is 9.64 Å². The second-order valence-electron chi connectivity index (χ2n) is 4.63. The number of imidazole rings is 1. The highest BCUT2D eigenvalue weighted by molar-refractivity contribution is 5.33. The van der Waals surface area contributed by atoms with Crippen molar-refractivity contribution in [2.75, 3.05) is 25.1 Å². The van der Waals surface area contributed by atoms with Gasteiger partial charge in [0.05, 0.1) is 7.11 Å². The van der Waals surface area contributed by atoms with Crippen molar-refractivity contribution in [3.63, 3.8) is 0 Å². The van der Waals surface area contributed by atoms with E-state index in [-0.39, 0.29) is 0 Å². The summed E-state index contributed by atoms with van der Waals surface area (Å²) in [7, 11) is 1.62. The zero-order valence-corrected chi connectivity index (χ0v) is 10.9. The molecule has 1 saturated heterocycles. The van der Waals surface area contributed by atoms with Crippen LogP contribution in [0.25, 0.3) is 0 Å². The molecule has 0 aliphatic carbocycles. The van der Waals surface area contributed by atoms with Crippen molar-refractivity contribution in [2.24, 2.45) is 0 Å². The van der Waals surface area contributed by atoms with Gasteiger partial charge in [0.2, 0.25) is 11.8 Å². The topological polar surface area (TPSA) is 66.9 Å². The van der Waals surface area contributed by atoms with Crippen molar-refractivity contribution < 1.29 is 4.74 Å². The molecule has 0 radical (unpaired) electrons. The number of nitrogens with one attached hydrogen (secondary N) is 1. The van der Waals surface area contributed by atoms with Crippen LogP contribution in [0.4, 0.5) is 5.95 Å². The third kappa shape index (κ3) is 2.52. The van der Waals surface area contributed by atoms with Gasteiger partial charge < -0.3 is 14.6 Å². The van der Waals surface area contributed by atoms with Gasteiger partial charge in [-0.2, -0.15) is 4.98 Å². The number of anilines is 1. The molecule has 1 N–H and O–H groups in total. The number of nitrogens with zero attached hydrogens (tertiary/aromatic N) is 4. The highest BCUT2D eigenvalue weighted by Gasteiger charge is 2.23. The van der Waals surface area contributed by atoms with Crippen LogP contribution in [0.1, 0.15) is 24.6 Å². The van der Waals surface area contributed by atoms with E-state index in [9.17, 15) is 0 Å². The van der Waals surface area contributed by atoms with Gasteiger partial charge in [0.15, 0.2) is 0 Å². The normalized spacial score (nSPS) is 16.6. The fourth-order valence-electron chi connectivity index (χ4n) is 2.45. The summed E-state index contributed by atoms with van der Waals surface area (Å²) >= 11 is 0. The Morgan fingerprint density at radius 3 is 2.79 bits per heavy atom. The Morgan fingerprint density at radius 1 is 1.26 bits per heavy atom. The molecule has 0 saturated carbocycles. The van der Waals surface area contributed by atoms with Gasteiger partial charge in [-0.1, -0.05) is 0 Å². The summed E-state index contributed by atoms with van der Waals surface area (Å²) in [5, 5.41) is 0. The second-order valence-corrected chi connectivity index (χ2v) is 4.63. The van der Waals surface area contributed by atoms with Crippen LogP contribution >= 0.6 is 0 Å². The summed E-state index contributed by atoms with van der Waals surface area (Å²) in [6, 6.07) is 1.76. The maximum absolute atomic E-state index is 5.13. The molecule has 0 aromatic carbocycles. The molecule has 0 bridgehead atoms. The van der Waals surface area contributed by atoms with Crippen LogP contribution in [0, 0.1) is 0 Å². The smallest absolute Gasteiger partial charge is 0.228 e. The van der Waals surface area contributed by atoms with Crippen LogP contribution in [0.5, 0.6) is 5.88 Å². The van der Waals surface area contributed by atoms with Crippen LogP contribution in [-0.2, 0) is 0 Å². The van der Waals surface area contributed by atoms with Crippen molar-refractivity contribution in [3.8, 4) is 5.88 Å². The number of piperidine rings is 1. The average molecular weight is 259 g/mol. The highest BCUT2D eigenvalue weighted by atomic mass is 16.5. The summed E-state index contributed by atoms with van der Waals surface area (Å²) in [5.74, 6) is 2.96. The maximum atomic E-state index is 5.13. The molecule has 3 heterocycles. The molecule has 2 aromatic heterocycles. The van der Waals surface area contributed by atoms with E-state index in [1.807, 2.05) is 12.4 Å². The number of hydrogen-bond donors (Lipinski definition) is 1. The summed E-state index contributed by atoms with van der Waals surface area (Å²) in [6.07, 6.45) is 7.56. The molecule has 0 unspecified atom stereocenters. The third-order valence-electron chi connectivity index (χ3n) is 3.51. The molecule has 6 nitrogen and oxygen atoms in total. The van der Waals surface area contributed by atoms with Crippen LogP contribution in [0.15, 0.2) is 24.7 Å². The minimum Gasteiger partial charge on any atom is -0.481 e. The fraction of sp³-hybridized carbons (Fsp3) is 0.462. The molecule has 100 valence electrons. The minimum atomic E-state index is 0.511. The standard InChI is InChI=1S/C13H17N5O/c1-19-11-2-5-16-13(17-11)18-8-3-10(4-9-18)12-14-6-7-15-12/h2,5-7,10H,3-4,8-9H2,1H3,(H,14,15). The summed E-state index contributed by atoms with van der Waals surface area (Å²) < 4.78 is 5.13. The van der Waals surface area contributed by atoms with Crippen molar-refractivity contribution in [2.45, 2.75) is 18.8 Å². The quantitative estimate of drug-likeness (QED) is 0.906. The number of aromatic amines is 1. The molecule has 1 fully saturated rings. The predicted molar refractivity (Wildman–Crippen MR) is 71.4 cm³/mol. The van der Waals surface area contributed by atoms with Crippen LogP contribution in [0.2, 0.25) is 0 Å². The average Bonchev–Trinajstić information content (AvgIpc) is 3.02. The van der Waals surface area contributed by atoms with Gasteiger partial charge in [0.1, 0.15) is 5.82 Å². The first-order valence-corrected chi connectivity index (χ1v) is 6.48. The van der Waals surface area contributed by atoms with E-state index in [1.54, 1.807) is 19.4 Å². The Morgan fingerprint density at radius 2 is 2.11 bits per heavy atom. The molecule has 19 heavy (non-hydrogen) atoms. The summed E-state index contributed by atoms with van der Waals surface area (Å²) in [6.45, 7) is 1.89. The second kappa shape index (κ2) is 5.26. The van der Waals surface area contributed by atoms with Gasteiger partial charge in [-0.15, -0.1) is 0 Å². The summed E-state index contributed by atoms with van der Waals surface area (Å²) in [4.78, 5) is 18.4. The first-order chi connectivity index (χ1) is 9.36. The number of rotatable bonds is 3. The zero-order chi connectivity index (χ0) is 13.1. The Hall–Kier alpha value is -2.11.